The predicted molar refractivity (Wildman–Crippen MR) is 73.4 cm³/mol. The van der Waals surface area contributed by atoms with E-state index in [1.807, 2.05) is 31.2 Å². The monoisotopic (exact) mass is 277 g/mol. The van der Waals surface area contributed by atoms with Gasteiger partial charge in [-0.3, -0.25) is 4.79 Å². The van der Waals surface area contributed by atoms with Crippen LogP contribution in [0.1, 0.15) is 17.5 Å². The van der Waals surface area contributed by atoms with Gasteiger partial charge in [0.05, 0.1) is 12.5 Å². The van der Waals surface area contributed by atoms with Gasteiger partial charge in [0.2, 0.25) is 5.91 Å². The Morgan fingerprint density at radius 3 is 2.70 bits per heavy atom. The molecule has 5 heteroatoms. The van der Waals surface area contributed by atoms with E-state index in [1.165, 1.54) is 4.90 Å². The van der Waals surface area contributed by atoms with E-state index >= 15 is 0 Å². The topological polar surface area (TPSA) is 66.8 Å². The van der Waals surface area contributed by atoms with Crippen molar-refractivity contribution in [3.63, 3.8) is 0 Å². The maximum Gasteiger partial charge on any atom is 0.326 e. The van der Waals surface area contributed by atoms with Crippen molar-refractivity contribution >= 4 is 11.9 Å². The SMILES string of the molecule is COC1CC(C(=O)O)N(C(=O)Cc2ccccc2C)C1. The largest absolute Gasteiger partial charge is 0.480 e. The number of carbonyl (C=O) groups is 2. The number of carboxylic acid groups (broad SMARTS) is 1. The minimum absolute atomic E-state index is 0.161. The number of hydrogen-bond acceptors (Lipinski definition) is 3. The average Bonchev–Trinajstić information content (AvgIpc) is 2.86. The molecular formula is C15H19NO4. The number of likely N-dealkylation sites (tertiary alicyclic amines) is 1. The zero-order chi connectivity index (χ0) is 14.7. The fourth-order valence-corrected chi connectivity index (χ4v) is 2.55. The minimum Gasteiger partial charge on any atom is -0.480 e. The second-order valence-electron chi connectivity index (χ2n) is 5.10. The molecule has 20 heavy (non-hydrogen) atoms. The van der Waals surface area contributed by atoms with Crippen molar-refractivity contribution < 1.29 is 19.4 Å². The van der Waals surface area contributed by atoms with E-state index in [0.29, 0.717) is 13.0 Å². The Hall–Kier alpha value is -1.88. The lowest BCUT2D eigenvalue weighted by atomic mass is 10.1. The number of nitrogens with zero attached hydrogens (tertiary/aromatic N) is 1. The highest BCUT2D eigenvalue weighted by atomic mass is 16.5. The van der Waals surface area contributed by atoms with E-state index in [1.54, 1.807) is 7.11 Å². The lowest BCUT2D eigenvalue weighted by molar-refractivity contribution is -0.148. The summed E-state index contributed by atoms with van der Waals surface area (Å²) in [5, 5.41) is 9.22. The molecule has 0 aliphatic carbocycles. The Labute approximate surface area is 118 Å². The van der Waals surface area contributed by atoms with Crippen molar-refractivity contribution in [1.82, 2.24) is 4.90 Å². The molecule has 0 aromatic heterocycles. The fourth-order valence-electron chi connectivity index (χ4n) is 2.55. The van der Waals surface area contributed by atoms with Crippen molar-refractivity contribution in [2.45, 2.75) is 31.9 Å². The number of hydrogen-bond donors (Lipinski definition) is 1. The van der Waals surface area contributed by atoms with Gasteiger partial charge in [-0.1, -0.05) is 24.3 Å². The van der Waals surface area contributed by atoms with E-state index in [0.717, 1.165) is 11.1 Å². The molecule has 1 saturated heterocycles. The summed E-state index contributed by atoms with van der Waals surface area (Å²) >= 11 is 0. The Bertz CT molecular complexity index is 514. The number of rotatable bonds is 4. The number of amides is 1. The van der Waals surface area contributed by atoms with Crippen LogP contribution in [0.5, 0.6) is 0 Å². The van der Waals surface area contributed by atoms with Crippen molar-refractivity contribution in [2.75, 3.05) is 13.7 Å². The third kappa shape index (κ3) is 2.99. The fraction of sp³-hybridized carbons (Fsp3) is 0.467. The number of aryl methyl sites for hydroxylation is 1. The number of carboxylic acids is 1. The molecule has 108 valence electrons. The molecule has 1 aromatic carbocycles. The average molecular weight is 277 g/mol. The molecule has 0 bridgehead atoms. The van der Waals surface area contributed by atoms with Crippen LogP contribution >= 0.6 is 0 Å². The van der Waals surface area contributed by atoms with Crippen molar-refractivity contribution in [2.24, 2.45) is 0 Å². The van der Waals surface area contributed by atoms with E-state index in [2.05, 4.69) is 0 Å². The molecule has 0 saturated carbocycles. The van der Waals surface area contributed by atoms with Gasteiger partial charge in [-0.15, -0.1) is 0 Å². The molecular weight excluding hydrogens is 258 g/mol. The third-order valence-corrected chi connectivity index (χ3v) is 3.80. The van der Waals surface area contributed by atoms with E-state index in [-0.39, 0.29) is 18.4 Å². The quantitative estimate of drug-likeness (QED) is 0.899. The second-order valence-corrected chi connectivity index (χ2v) is 5.10. The van der Waals surface area contributed by atoms with Crippen LogP contribution in [0.4, 0.5) is 0 Å². The summed E-state index contributed by atoms with van der Waals surface area (Å²) in [5.74, 6) is -1.13. The summed E-state index contributed by atoms with van der Waals surface area (Å²) in [6.07, 6.45) is 0.384. The Morgan fingerprint density at radius 1 is 1.40 bits per heavy atom. The van der Waals surface area contributed by atoms with Crippen LogP contribution in [-0.2, 0) is 20.7 Å². The minimum atomic E-state index is -0.970. The zero-order valence-corrected chi connectivity index (χ0v) is 11.7. The first-order chi connectivity index (χ1) is 9.52. The van der Waals surface area contributed by atoms with Gasteiger partial charge in [0.15, 0.2) is 0 Å². The highest BCUT2D eigenvalue weighted by molar-refractivity contribution is 5.86. The van der Waals surface area contributed by atoms with Crippen molar-refractivity contribution in [3.8, 4) is 0 Å². The molecule has 1 aromatic rings. The molecule has 2 unspecified atom stereocenters. The van der Waals surface area contributed by atoms with Gasteiger partial charge in [0.25, 0.3) is 0 Å². The number of aliphatic carboxylic acids is 1. The first-order valence-electron chi connectivity index (χ1n) is 6.62. The maximum absolute atomic E-state index is 12.4. The summed E-state index contributed by atoms with van der Waals surface area (Å²) in [4.78, 5) is 25.0. The van der Waals surface area contributed by atoms with Gasteiger partial charge in [-0.25, -0.2) is 4.79 Å². The molecule has 2 rings (SSSR count). The molecule has 1 heterocycles. The first kappa shape index (κ1) is 14.5. The van der Waals surface area contributed by atoms with Gasteiger partial charge in [-0.05, 0) is 18.1 Å². The Balaban J connectivity index is 2.11. The summed E-state index contributed by atoms with van der Waals surface area (Å²) in [6, 6.07) is 6.86. The second kappa shape index (κ2) is 6.05. The number of ether oxygens (including phenoxy) is 1. The van der Waals surface area contributed by atoms with Crippen LogP contribution < -0.4 is 0 Å². The molecule has 1 amide bonds. The highest BCUT2D eigenvalue weighted by Crippen LogP contribution is 2.22. The summed E-state index contributed by atoms with van der Waals surface area (Å²) < 4.78 is 5.19. The van der Waals surface area contributed by atoms with Crippen LogP contribution in [0, 0.1) is 6.92 Å². The number of methoxy groups -OCH3 is 1. The van der Waals surface area contributed by atoms with Crippen LogP contribution in [0.25, 0.3) is 0 Å². The van der Waals surface area contributed by atoms with Crippen LogP contribution in [0.2, 0.25) is 0 Å². The zero-order valence-electron chi connectivity index (χ0n) is 11.7. The van der Waals surface area contributed by atoms with Crippen LogP contribution in [0.15, 0.2) is 24.3 Å². The number of carbonyl (C=O) groups excluding carboxylic acids is 1. The Kier molecular flexibility index (Phi) is 4.39. The van der Waals surface area contributed by atoms with Gasteiger partial charge >= 0.3 is 5.97 Å². The molecule has 0 spiro atoms. The van der Waals surface area contributed by atoms with Gasteiger partial charge in [-0.2, -0.15) is 0 Å². The molecule has 0 radical (unpaired) electrons. The molecule has 1 N–H and O–H groups in total. The molecule has 1 aliphatic rings. The molecule has 1 fully saturated rings. The van der Waals surface area contributed by atoms with E-state index < -0.39 is 12.0 Å². The lowest BCUT2D eigenvalue weighted by Gasteiger charge is -2.21. The lowest BCUT2D eigenvalue weighted by Crippen LogP contribution is -2.41. The standard InChI is InChI=1S/C15H19NO4/c1-10-5-3-4-6-11(10)7-14(17)16-9-12(20-2)8-13(16)15(18)19/h3-6,12-13H,7-9H2,1-2H3,(H,18,19). The van der Waals surface area contributed by atoms with E-state index in [9.17, 15) is 14.7 Å². The summed E-state index contributed by atoms with van der Waals surface area (Å²) in [6.45, 7) is 2.29. The molecule has 5 nitrogen and oxygen atoms in total. The summed E-state index contributed by atoms with van der Waals surface area (Å²) in [5.41, 5.74) is 1.97. The van der Waals surface area contributed by atoms with Crippen molar-refractivity contribution in [1.29, 1.82) is 0 Å². The smallest absolute Gasteiger partial charge is 0.326 e. The van der Waals surface area contributed by atoms with Gasteiger partial charge in [0.1, 0.15) is 6.04 Å². The molecule has 2 atom stereocenters. The third-order valence-electron chi connectivity index (χ3n) is 3.80. The van der Waals surface area contributed by atoms with Crippen LogP contribution in [0.3, 0.4) is 0 Å². The highest BCUT2D eigenvalue weighted by Gasteiger charge is 2.39. The predicted octanol–water partition coefficient (Wildman–Crippen LogP) is 1.24. The van der Waals surface area contributed by atoms with Gasteiger partial charge < -0.3 is 14.7 Å². The first-order valence-corrected chi connectivity index (χ1v) is 6.62. The molecule has 1 aliphatic heterocycles. The van der Waals surface area contributed by atoms with Crippen LogP contribution in [-0.4, -0.2) is 47.7 Å². The normalized spacial score (nSPS) is 22.0. The van der Waals surface area contributed by atoms with Gasteiger partial charge in [0, 0.05) is 20.1 Å². The van der Waals surface area contributed by atoms with Crippen molar-refractivity contribution in [3.05, 3.63) is 35.4 Å². The summed E-state index contributed by atoms with van der Waals surface area (Å²) in [7, 11) is 1.54. The Morgan fingerprint density at radius 2 is 2.10 bits per heavy atom. The number of benzene rings is 1. The van der Waals surface area contributed by atoms with E-state index in [4.69, 9.17) is 4.74 Å². The maximum atomic E-state index is 12.4.